The highest BCUT2D eigenvalue weighted by molar-refractivity contribution is 8.18. The fourth-order valence-electron chi connectivity index (χ4n) is 4.40. The van der Waals surface area contributed by atoms with Crippen LogP contribution in [0.4, 0.5) is 4.79 Å². The molecule has 5 nitrogen and oxygen atoms in total. The summed E-state index contributed by atoms with van der Waals surface area (Å²) in [4.78, 5) is 17.7. The van der Waals surface area contributed by atoms with Gasteiger partial charge in [-0.15, -0.1) is 0 Å². The van der Waals surface area contributed by atoms with Crippen molar-refractivity contribution in [1.29, 1.82) is 0 Å². The van der Waals surface area contributed by atoms with Crippen molar-refractivity contribution < 1.29 is 9.53 Å². The first-order valence-corrected chi connectivity index (χ1v) is 13.3. The normalized spacial score (nSPS) is 18.8. The molecule has 1 unspecified atom stereocenters. The number of amidine groups is 1. The molecule has 188 valence electrons. The monoisotopic (exact) mass is 529 g/mol. The van der Waals surface area contributed by atoms with E-state index in [1.165, 1.54) is 5.56 Å². The predicted octanol–water partition coefficient (Wildman–Crippen LogP) is 8.10. The second-order valence-electron chi connectivity index (χ2n) is 10.1. The van der Waals surface area contributed by atoms with Crippen molar-refractivity contribution >= 4 is 46.2 Å². The molecule has 0 bridgehead atoms. The number of nitrogens with zero attached hydrogens (tertiary/aromatic N) is 3. The minimum Gasteiger partial charge on any atom is -0.497 e. The van der Waals surface area contributed by atoms with Crippen LogP contribution in [0.1, 0.15) is 55.5 Å². The van der Waals surface area contributed by atoms with Crippen LogP contribution in [0.3, 0.4) is 0 Å². The van der Waals surface area contributed by atoms with Gasteiger partial charge in [0.05, 0.1) is 23.8 Å². The van der Waals surface area contributed by atoms with Crippen LogP contribution in [0, 0.1) is 0 Å². The Labute approximate surface area is 226 Å². The van der Waals surface area contributed by atoms with Gasteiger partial charge in [0, 0.05) is 11.4 Å². The zero-order valence-corrected chi connectivity index (χ0v) is 22.8. The molecule has 0 aromatic heterocycles. The number of aliphatic imine (C=N–C) groups is 1. The highest BCUT2D eigenvalue weighted by Crippen LogP contribution is 2.40. The first-order chi connectivity index (χ1) is 17.7. The second kappa shape index (κ2) is 10.2. The number of carbonyl (C=O) groups is 1. The molecule has 0 spiro atoms. The van der Waals surface area contributed by atoms with Gasteiger partial charge in [0.2, 0.25) is 0 Å². The molecule has 3 aromatic rings. The van der Waals surface area contributed by atoms with Gasteiger partial charge in [-0.25, -0.2) is 5.01 Å². The molecule has 0 saturated heterocycles. The zero-order valence-electron chi connectivity index (χ0n) is 21.2. The van der Waals surface area contributed by atoms with Crippen LogP contribution >= 0.6 is 23.4 Å². The molecule has 2 heterocycles. The van der Waals surface area contributed by atoms with Crippen molar-refractivity contribution in [2.45, 2.75) is 38.6 Å². The number of amides is 1. The summed E-state index contributed by atoms with van der Waals surface area (Å²) in [6.07, 6.45) is 2.68. The quantitative estimate of drug-likeness (QED) is 0.342. The first kappa shape index (κ1) is 25.3. The van der Waals surface area contributed by atoms with E-state index in [9.17, 15) is 4.79 Å². The van der Waals surface area contributed by atoms with E-state index in [1.807, 2.05) is 59.6 Å². The summed E-state index contributed by atoms with van der Waals surface area (Å²) in [5.41, 5.74) is 5.32. The van der Waals surface area contributed by atoms with Crippen LogP contribution in [0.15, 0.2) is 87.8 Å². The molecule has 1 atom stereocenters. The van der Waals surface area contributed by atoms with Crippen molar-refractivity contribution in [3.63, 3.8) is 0 Å². The van der Waals surface area contributed by atoms with Crippen LogP contribution in [-0.4, -0.2) is 28.9 Å². The topological polar surface area (TPSA) is 54.3 Å². The molecule has 3 aromatic carbocycles. The average molecular weight is 530 g/mol. The van der Waals surface area contributed by atoms with Crippen LogP contribution in [-0.2, 0) is 5.41 Å². The molecule has 7 heteroatoms. The number of thioether (sulfide) groups is 1. The van der Waals surface area contributed by atoms with Gasteiger partial charge in [-0.2, -0.15) is 10.1 Å². The van der Waals surface area contributed by atoms with Crippen LogP contribution in [0.25, 0.3) is 6.08 Å². The lowest BCUT2D eigenvalue weighted by molar-refractivity contribution is 0.267. The summed E-state index contributed by atoms with van der Waals surface area (Å²) in [6, 6.07) is 24.0. The molecule has 2 aliphatic heterocycles. The summed E-state index contributed by atoms with van der Waals surface area (Å²) in [7, 11) is 1.65. The van der Waals surface area contributed by atoms with E-state index >= 15 is 0 Å². The van der Waals surface area contributed by atoms with E-state index in [-0.39, 0.29) is 16.7 Å². The SMILES string of the molecule is COc1ccc(C2=NN(C3=NC(=O)S/C3=C\c3ccc(C(C)(C)C)cc3)C(c3ccc(Cl)cc3)C2)cc1. The minimum absolute atomic E-state index is 0.0737. The fourth-order valence-corrected chi connectivity index (χ4v) is 5.27. The number of hydrogen-bond donors (Lipinski definition) is 0. The number of benzene rings is 3. The number of rotatable bonds is 4. The van der Waals surface area contributed by atoms with Crippen LogP contribution in [0.5, 0.6) is 5.75 Å². The van der Waals surface area contributed by atoms with Gasteiger partial charge < -0.3 is 4.74 Å². The summed E-state index contributed by atoms with van der Waals surface area (Å²) < 4.78 is 5.31. The molecular formula is C30H28ClN3O2S. The molecule has 5 rings (SSSR count). The molecule has 2 aliphatic rings. The Morgan fingerprint density at radius 1 is 1.00 bits per heavy atom. The first-order valence-electron chi connectivity index (χ1n) is 12.1. The van der Waals surface area contributed by atoms with Crippen molar-refractivity contribution in [1.82, 2.24) is 5.01 Å². The maximum atomic E-state index is 12.5. The highest BCUT2D eigenvalue weighted by Gasteiger charge is 2.37. The molecule has 0 aliphatic carbocycles. The third-order valence-electron chi connectivity index (χ3n) is 6.49. The van der Waals surface area contributed by atoms with Crippen molar-refractivity contribution in [3.8, 4) is 5.75 Å². The van der Waals surface area contributed by atoms with Gasteiger partial charge in [-0.1, -0.05) is 68.8 Å². The number of hydrogen-bond acceptors (Lipinski definition) is 5. The maximum absolute atomic E-state index is 12.5. The lowest BCUT2D eigenvalue weighted by atomic mass is 9.87. The summed E-state index contributed by atoms with van der Waals surface area (Å²) in [5.74, 6) is 1.36. The third-order valence-corrected chi connectivity index (χ3v) is 7.53. The fraction of sp³-hybridized carbons (Fsp3) is 0.233. The van der Waals surface area contributed by atoms with Gasteiger partial charge in [0.25, 0.3) is 0 Å². The zero-order chi connectivity index (χ0) is 26.2. The Morgan fingerprint density at radius 2 is 1.68 bits per heavy atom. The number of ether oxygens (including phenoxy) is 1. The number of halogens is 1. The highest BCUT2D eigenvalue weighted by atomic mass is 35.5. The molecular weight excluding hydrogens is 502 g/mol. The van der Waals surface area contributed by atoms with Gasteiger partial charge in [-0.05, 0) is 81.9 Å². The third kappa shape index (κ3) is 5.50. The molecule has 0 N–H and O–H groups in total. The molecule has 37 heavy (non-hydrogen) atoms. The van der Waals surface area contributed by atoms with E-state index in [0.29, 0.717) is 17.3 Å². The molecule has 1 amide bonds. The largest absolute Gasteiger partial charge is 0.497 e. The van der Waals surface area contributed by atoms with E-state index < -0.39 is 0 Å². The van der Waals surface area contributed by atoms with Crippen molar-refractivity contribution in [3.05, 3.63) is 105 Å². The molecule has 0 fully saturated rings. The second-order valence-corrected chi connectivity index (χ2v) is 11.5. The smallest absolute Gasteiger partial charge is 0.311 e. The van der Waals surface area contributed by atoms with Gasteiger partial charge in [0.15, 0.2) is 5.84 Å². The Kier molecular flexibility index (Phi) is 6.97. The average Bonchev–Trinajstić information content (AvgIpc) is 3.48. The van der Waals surface area contributed by atoms with Crippen LogP contribution < -0.4 is 4.74 Å². The predicted molar refractivity (Wildman–Crippen MR) is 154 cm³/mol. The lowest BCUT2D eigenvalue weighted by Gasteiger charge is -2.24. The van der Waals surface area contributed by atoms with Crippen LogP contribution in [0.2, 0.25) is 5.02 Å². The summed E-state index contributed by atoms with van der Waals surface area (Å²) in [5, 5.41) is 7.31. The van der Waals surface area contributed by atoms with Crippen molar-refractivity contribution in [2.24, 2.45) is 10.1 Å². The number of hydrazone groups is 1. The van der Waals surface area contributed by atoms with Gasteiger partial charge >= 0.3 is 5.24 Å². The summed E-state index contributed by atoms with van der Waals surface area (Å²) >= 11 is 7.31. The lowest BCUT2D eigenvalue weighted by Crippen LogP contribution is -2.26. The Hall–Kier alpha value is -3.35. The Bertz CT molecular complexity index is 1400. The van der Waals surface area contributed by atoms with E-state index in [2.05, 4.69) is 50.0 Å². The van der Waals surface area contributed by atoms with E-state index in [0.717, 1.165) is 44.8 Å². The minimum atomic E-state index is -0.240. The van der Waals surface area contributed by atoms with Crippen molar-refractivity contribution in [2.75, 3.05) is 7.11 Å². The van der Waals surface area contributed by atoms with E-state index in [4.69, 9.17) is 21.4 Å². The maximum Gasteiger partial charge on any atom is 0.311 e. The van der Waals surface area contributed by atoms with E-state index in [1.54, 1.807) is 7.11 Å². The Balaban J connectivity index is 1.52. The summed E-state index contributed by atoms with van der Waals surface area (Å²) in [6.45, 7) is 6.58. The number of carbonyl (C=O) groups excluding carboxylic acids is 1. The molecule has 0 saturated carbocycles. The standard InChI is InChI=1S/C30H28ClN3O2S/c1-30(2,3)22-11-5-19(6-12-22)17-27-28(32-29(35)37-27)34-26(21-7-13-23(31)14-8-21)18-25(33-34)20-9-15-24(36-4)16-10-20/h5-17,26H,18H2,1-4H3/b27-17-. The number of methoxy groups -OCH3 is 1. The Morgan fingerprint density at radius 3 is 2.30 bits per heavy atom. The van der Waals surface area contributed by atoms with Gasteiger partial charge in [-0.3, -0.25) is 4.79 Å². The van der Waals surface area contributed by atoms with Gasteiger partial charge in [0.1, 0.15) is 5.75 Å². The molecule has 0 radical (unpaired) electrons.